The summed E-state index contributed by atoms with van der Waals surface area (Å²) < 4.78 is 27.5. The van der Waals surface area contributed by atoms with E-state index >= 15 is 0 Å². The van der Waals surface area contributed by atoms with Gasteiger partial charge in [-0.05, 0) is 73.6 Å². The Hall–Kier alpha value is -1.89. The number of hydrogen-bond acceptors (Lipinski definition) is 3. The highest BCUT2D eigenvalue weighted by Crippen LogP contribution is 2.29. The number of rotatable bonds is 4. The van der Waals surface area contributed by atoms with Crippen molar-refractivity contribution in [2.75, 3.05) is 18.4 Å². The van der Waals surface area contributed by atoms with Gasteiger partial charge >= 0.3 is 0 Å². The topological polar surface area (TPSA) is 66.5 Å². The molecule has 1 aliphatic heterocycles. The van der Waals surface area contributed by atoms with E-state index in [2.05, 4.69) is 19.2 Å². The molecule has 0 aromatic heterocycles. The molecule has 29 heavy (non-hydrogen) atoms. The van der Waals surface area contributed by atoms with Crippen LogP contribution in [0.1, 0.15) is 41.8 Å². The number of carbonyl (C=O) groups is 1. The van der Waals surface area contributed by atoms with E-state index in [9.17, 15) is 13.2 Å². The van der Waals surface area contributed by atoms with Crippen LogP contribution in [0.2, 0.25) is 5.02 Å². The molecule has 156 valence electrons. The molecule has 0 saturated carbocycles. The minimum atomic E-state index is -3.57. The van der Waals surface area contributed by atoms with Gasteiger partial charge in [-0.25, -0.2) is 8.42 Å². The van der Waals surface area contributed by atoms with E-state index in [1.807, 2.05) is 19.9 Å². The van der Waals surface area contributed by atoms with Gasteiger partial charge in [-0.2, -0.15) is 4.31 Å². The molecular formula is C22H27ClN2O3S. The second kappa shape index (κ2) is 8.46. The van der Waals surface area contributed by atoms with Crippen LogP contribution in [0, 0.1) is 25.7 Å². The molecule has 1 aliphatic rings. The summed E-state index contributed by atoms with van der Waals surface area (Å²) in [5, 5.41) is 3.30. The predicted molar refractivity (Wildman–Crippen MR) is 117 cm³/mol. The Balaban J connectivity index is 1.78. The Morgan fingerprint density at radius 2 is 1.66 bits per heavy atom. The number of nitrogens with zero attached hydrogens (tertiary/aromatic N) is 1. The largest absolute Gasteiger partial charge is 0.320 e. The van der Waals surface area contributed by atoms with Crippen molar-refractivity contribution in [2.24, 2.45) is 11.8 Å². The Labute approximate surface area is 178 Å². The van der Waals surface area contributed by atoms with E-state index in [1.165, 1.54) is 24.3 Å². The highest BCUT2D eigenvalue weighted by molar-refractivity contribution is 7.89. The van der Waals surface area contributed by atoms with Crippen molar-refractivity contribution < 1.29 is 13.2 Å². The Kier molecular flexibility index (Phi) is 6.36. The fourth-order valence-electron chi connectivity index (χ4n) is 3.99. The van der Waals surface area contributed by atoms with E-state index in [-0.39, 0.29) is 10.8 Å². The van der Waals surface area contributed by atoms with Gasteiger partial charge < -0.3 is 5.32 Å². The van der Waals surface area contributed by atoms with Gasteiger partial charge in [-0.15, -0.1) is 0 Å². The summed E-state index contributed by atoms with van der Waals surface area (Å²) in [5.41, 5.74) is 2.83. The molecule has 3 rings (SSSR count). The summed E-state index contributed by atoms with van der Waals surface area (Å²) in [6.07, 6.45) is 1.03. The van der Waals surface area contributed by atoms with Crippen LogP contribution in [0.5, 0.6) is 0 Å². The van der Waals surface area contributed by atoms with E-state index in [4.69, 9.17) is 11.6 Å². The number of benzene rings is 2. The molecule has 1 fully saturated rings. The molecule has 1 N–H and O–H groups in total. The average Bonchev–Trinajstić information content (AvgIpc) is 2.63. The van der Waals surface area contributed by atoms with Crippen molar-refractivity contribution in [3.63, 3.8) is 0 Å². The number of hydrogen-bond donors (Lipinski definition) is 1. The lowest BCUT2D eigenvalue weighted by molar-refractivity contribution is 0.102. The lowest BCUT2D eigenvalue weighted by Gasteiger charge is -2.34. The first-order chi connectivity index (χ1) is 13.6. The van der Waals surface area contributed by atoms with E-state index in [1.54, 1.807) is 10.4 Å². The summed E-state index contributed by atoms with van der Waals surface area (Å²) in [6, 6.07) is 9.81. The highest BCUT2D eigenvalue weighted by atomic mass is 35.5. The lowest BCUT2D eigenvalue weighted by Crippen LogP contribution is -2.42. The number of sulfonamides is 1. The van der Waals surface area contributed by atoms with E-state index < -0.39 is 10.0 Å². The van der Waals surface area contributed by atoms with Gasteiger partial charge in [0.1, 0.15) is 0 Å². The van der Waals surface area contributed by atoms with Crippen LogP contribution in [0.15, 0.2) is 41.3 Å². The zero-order chi connectivity index (χ0) is 21.3. The number of anilines is 1. The molecule has 0 bridgehead atoms. The fraction of sp³-hybridized carbons (Fsp3) is 0.409. The zero-order valence-corrected chi connectivity index (χ0v) is 18.8. The van der Waals surface area contributed by atoms with Crippen LogP contribution in [0.25, 0.3) is 0 Å². The molecule has 7 heteroatoms. The SMILES string of the molecule is Cc1cc(C)c(NC(=O)c2ccc(S(=O)(=O)N3CC(C)CC(C)C3)cc2)c(Cl)c1. The van der Waals surface area contributed by atoms with Gasteiger partial charge in [0.05, 0.1) is 15.6 Å². The Bertz CT molecular complexity index is 986. The first-order valence-electron chi connectivity index (χ1n) is 9.76. The molecule has 0 aliphatic carbocycles. The third kappa shape index (κ3) is 4.82. The molecule has 2 aromatic carbocycles. The summed E-state index contributed by atoms with van der Waals surface area (Å²) in [5.74, 6) is 0.338. The third-order valence-electron chi connectivity index (χ3n) is 5.26. The lowest BCUT2D eigenvalue weighted by atomic mass is 9.94. The average molecular weight is 435 g/mol. The molecule has 1 amide bonds. The normalized spacial score (nSPS) is 20.4. The summed E-state index contributed by atoms with van der Waals surface area (Å²) >= 11 is 6.26. The second-order valence-corrected chi connectivity index (χ2v) is 10.5. The van der Waals surface area contributed by atoms with Gasteiger partial charge in [0, 0.05) is 18.7 Å². The quantitative estimate of drug-likeness (QED) is 0.745. The smallest absolute Gasteiger partial charge is 0.255 e. The summed E-state index contributed by atoms with van der Waals surface area (Å²) in [6.45, 7) is 9.02. The molecule has 2 atom stereocenters. The van der Waals surface area contributed by atoms with Crippen LogP contribution in [0.3, 0.4) is 0 Å². The highest BCUT2D eigenvalue weighted by Gasteiger charge is 2.31. The van der Waals surface area contributed by atoms with Gasteiger partial charge in [0.15, 0.2) is 0 Å². The van der Waals surface area contributed by atoms with Gasteiger partial charge in [-0.3, -0.25) is 4.79 Å². The minimum absolute atomic E-state index is 0.208. The van der Waals surface area contributed by atoms with Crippen molar-refractivity contribution in [1.82, 2.24) is 4.31 Å². The van der Waals surface area contributed by atoms with Crippen molar-refractivity contribution in [3.05, 3.63) is 58.1 Å². The van der Waals surface area contributed by atoms with Crippen LogP contribution < -0.4 is 5.32 Å². The fourth-order valence-corrected chi connectivity index (χ4v) is 6.04. The first kappa shape index (κ1) is 21.8. The van der Waals surface area contributed by atoms with Gasteiger partial charge in [-0.1, -0.05) is 31.5 Å². The number of nitrogens with one attached hydrogen (secondary N) is 1. The zero-order valence-electron chi connectivity index (χ0n) is 17.2. The number of halogens is 1. The van der Waals surface area contributed by atoms with Crippen molar-refractivity contribution >= 4 is 33.2 Å². The second-order valence-electron chi connectivity index (χ2n) is 8.19. The summed E-state index contributed by atoms with van der Waals surface area (Å²) in [7, 11) is -3.57. The van der Waals surface area contributed by atoms with E-state index in [0.717, 1.165) is 17.5 Å². The predicted octanol–water partition coefficient (Wildman–Crippen LogP) is 4.88. The number of aryl methyl sites for hydroxylation is 2. The molecule has 0 radical (unpaired) electrons. The molecule has 1 saturated heterocycles. The van der Waals surface area contributed by atoms with Crippen LogP contribution in [-0.2, 0) is 10.0 Å². The maximum atomic E-state index is 13.0. The number of piperidine rings is 1. The molecule has 0 spiro atoms. The van der Waals surface area contributed by atoms with Gasteiger partial charge in [0.2, 0.25) is 10.0 Å². The summed E-state index contributed by atoms with van der Waals surface area (Å²) in [4.78, 5) is 12.8. The molecule has 2 unspecified atom stereocenters. The standard InChI is InChI=1S/C22H27ClN2O3S/c1-14-10-17(4)21(20(23)11-14)24-22(26)18-5-7-19(8-6-18)29(27,28)25-12-15(2)9-16(3)13-25/h5-8,10-11,15-16H,9,12-13H2,1-4H3,(H,24,26). The first-order valence-corrected chi connectivity index (χ1v) is 11.6. The Morgan fingerprint density at radius 1 is 1.07 bits per heavy atom. The van der Waals surface area contributed by atoms with Crippen molar-refractivity contribution in [2.45, 2.75) is 39.0 Å². The molecule has 5 nitrogen and oxygen atoms in total. The molecule has 2 aromatic rings. The van der Waals surface area contributed by atoms with Crippen LogP contribution in [-0.4, -0.2) is 31.7 Å². The van der Waals surface area contributed by atoms with Crippen molar-refractivity contribution in [3.8, 4) is 0 Å². The van der Waals surface area contributed by atoms with Crippen LogP contribution in [0.4, 0.5) is 5.69 Å². The van der Waals surface area contributed by atoms with E-state index in [0.29, 0.717) is 41.2 Å². The monoisotopic (exact) mass is 434 g/mol. The van der Waals surface area contributed by atoms with Crippen molar-refractivity contribution in [1.29, 1.82) is 0 Å². The number of amides is 1. The minimum Gasteiger partial charge on any atom is -0.320 e. The maximum Gasteiger partial charge on any atom is 0.255 e. The molecule has 1 heterocycles. The van der Waals surface area contributed by atoms with Gasteiger partial charge in [0.25, 0.3) is 5.91 Å². The Morgan fingerprint density at radius 3 is 2.21 bits per heavy atom. The third-order valence-corrected chi connectivity index (χ3v) is 7.40. The van der Waals surface area contributed by atoms with Crippen LogP contribution >= 0.6 is 11.6 Å². The molecular weight excluding hydrogens is 408 g/mol. The maximum absolute atomic E-state index is 13.0. The number of carbonyl (C=O) groups excluding carboxylic acids is 1.